The first-order chi connectivity index (χ1) is 16.0. The van der Waals surface area contributed by atoms with Gasteiger partial charge < -0.3 is 20.2 Å². The number of esters is 1. The SMILES string of the molecule is CCOC(=O)c1c(NC(=O)CSc2nc(-c3ccco3)cc(C(F)(F)F)n2)sc(C(N)=O)c1C. The van der Waals surface area contributed by atoms with Crippen molar-refractivity contribution in [3.05, 3.63) is 46.2 Å². The highest BCUT2D eigenvalue weighted by Crippen LogP contribution is 2.34. The minimum absolute atomic E-state index is 0.0191. The van der Waals surface area contributed by atoms with Crippen LogP contribution in [0.3, 0.4) is 0 Å². The van der Waals surface area contributed by atoms with Crippen LogP contribution in [0.25, 0.3) is 11.5 Å². The standard InChI is InChI=1S/C20H17F3N4O5S2/c1-3-31-18(30)14-9(2)15(16(24)29)34-17(14)27-13(28)8-33-19-25-10(11-5-4-6-32-11)7-12(26-19)20(21,22)23/h4-7H,3,8H2,1-2H3,(H2,24,29)(H,27,28). The molecule has 0 aliphatic carbocycles. The van der Waals surface area contributed by atoms with Crippen LogP contribution in [-0.2, 0) is 15.7 Å². The summed E-state index contributed by atoms with van der Waals surface area (Å²) in [6, 6.07) is 3.68. The van der Waals surface area contributed by atoms with Crippen LogP contribution in [0.1, 0.15) is 38.2 Å². The maximum Gasteiger partial charge on any atom is 0.433 e. The van der Waals surface area contributed by atoms with E-state index in [0.717, 1.165) is 17.4 Å². The Morgan fingerprint density at radius 3 is 2.62 bits per heavy atom. The highest BCUT2D eigenvalue weighted by Gasteiger charge is 2.34. The van der Waals surface area contributed by atoms with Gasteiger partial charge in [-0.1, -0.05) is 11.8 Å². The summed E-state index contributed by atoms with van der Waals surface area (Å²) in [4.78, 5) is 44.0. The van der Waals surface area contributed by atoms with E-state index in [4.69, 9.17) is 14.9 Å². The topological polar surface area (TPSA) is 137 Å². The molecule has 0 fully saturated rings. The number of alkyl halides is 3. The van der Waals surface area contributed by atoms with Gasteiger partial charge in [-0.15, -0.1) is 11.3 Å². The van der Waals surface area contributed by atoms with Gasteiger partial charge in [0.25, 0.3) is 5.91 Å². The molecule has 9 nitrogen and oxygen atoms in total. The molecular weight excluding hydrogens is 497 g/mol. The fourth-order valence-corrected chi connectivity index (χ4v) is 4.49. The second kappa shape index (κ2) is 10.3. The smallest absolute Gasteiger partial charge is 0.433 e. The number of primary amides is 1. The van der Waals surface area contributed by atoms with Crippen molar-refractivity contribution in [2.45, 2.75) is 25.2 Å². The third kappa shape index (κ3) is 5.75. The summed E-state index contributed by atoms with van der Waals surface area (Å²) in [7, 11) is 0. The molecule has 0 atom stereocenters. The molecule has 0 spiro atoms. The van der Waals surface area contributed by atoms with E-state index in [9.17, 15) is 27.6 Å². The Hall–Kier alpha value is -3.39. The monoisotopic (exact) mass is 514 g/mol. The fraction of sp³-hybridized carbons (Fsp3) is 0.250. The molecule has 3 rings (SSSR count). The fourth-order valence-electron chi connectivity index (χ4n) is 2.76. The summed E-state index contributed by atoms with van der Waals surface area (Å²) in [5, 5.41) is 2.21. The Kier molecular flexibility index (Phi) is 7.61. The van der Waals surface area contributed by atoms with E-state index in [1.165, 1.54) is 25.3 Å². The number of aromatic nitrogens is 2. The van der Waals surface area contributed by atoms with Gasteiger partial charge in [-0.05, 0) is 37.6 Å². The van der Waals surface area contributed by atoms with Gasteiger partial charge in [-0.25, -0.2) is 14.8 Å². The van der Waals surface area contributed by atoms with E-state index >= 15 is 0 Å². The molecule has 14 heteroatoms. The number of nitrogens with one attached hydrogen (secondary N) is 1. The van der Waals surface area contributed by atoms with Crippen LogP contribution >= 0.6 is 23.1 Å². The first-order valence-corrected chi connectivity index (χ1v) is 11.3. The molecule has 3 N–H and O–H groups in total. The van der Waals surface area contributed by atoms with Crippen molar-refractivity contribution in [2.24, 2.45) is 5.73 Å². The molecule has 0 radical (unpaired) electrons. The maximum absolute atomic E-state index is 13.3. The number of furan rings is 1. The van der Waals surface area contributed by atoms with Crippen molar-refractivity contribution in [2.75, 3.05) is 17.7 Å². The molecule has 0 aliphatic heterocycles. The molecule has 34 heavy (non-hydrogen) atoms. The average molecular weight is 515 g/mol. The number of nitrogens with two attached hydrogens (primary N) is 1. The predicted molar refractivity (Wildman–Crippen MR) is 118 cm³/mol. The Balaban J connectivity index is 1.82. The van der Waals surface area contributed by atoms with E-state index in [1.807, 2.05) is 0 Å². The summed E-state index contributed by atoms with van der Waals surface area (Å²) >= 11 is 1.45. The van der Waals surface area contributed by atoms with Crippen LogP contribution in [0.15, 0.2) is 34.0 Å². The molecule has 2 amide bonds. The van der Waals surface area contributed by atoms with Crippen LogP contribution in [0.5, 0.6) is 0 Å². The number of halogens is 3. The van der Waals surface area contributed by atoms with Gasteiger partial charge in [0, 0.05) is 0 Å². The Labute approximate surface area is 198 Å². The lowest BCUT2D eigenvalue weighted by molar-refractivity contribution is -0.141. The first kappa shape index (κ1) is 25.2. The van der Waals surface area contributed by atoms with Gasteiger partial charge in [0.15, 0.2) is 10.9 Å². The van der Waals surface area contributed by atoms with Crippen LogP contribution < -0.4 is 11.1 Å². The zero-order valence-corrected chi connectivity index (χ0v) is 19.3. The number of anilines is 1. The van der Waals surface area contributed by atoms with Crippen molar-refractivity contribution >= 4 is 45.9 Å². The lowest BCUT2D eigenvalue weighted by Crippen LogP contribution is -2.17. The van der Waals surface area contributed by atoms with Gasteiger partial charge in [0.05, 0.1) is 29.1 Å². The Morgan fingerprint density at radius 2 is 2.03 bits per heavy atom. The van der Waals surface area contributed by atoms with Crippen molar-refractivity contribution in [3.63, 3.8) is 0 Å². The zero-order chi connectivity index (χ0) is 25.0. The number of carbonyl (C=O) groups is 3. The summed E-state index contributed by atoms with van der Waals surface area (Å²) in [6.07, 6.45) is -3.45. The number of ether oxygens (including phenoxy) is 1. The number of nitrogens with zero attached hydrogens (tertiary/aromatic N) is 2. The number of carbonyl (C=O) groups excluding carboxylic acids is 3. The van der Waals surface area contributed by atoms with Crippen LogP contribution in [-0.4, -0.2) is 40.1 Å². The van der Waals surface area contributed by atoms with E-state index in [2.05, 4.69) is 15.3 Å². The molecule has 0 saturated heterocycles. The van der Waals surface area contributed by atoms with Gasteiger partial charge in [-0.3, -0.25) is 9.59 Å². The van der Waals surface area contributed by atoms with Crippen LogP contribution in [0, 0.1) is 6.92 Å². The van der Waals surface area contributed by atoms with E-state index in [-0.39, 0.29) is 50.0 Å². The van der Waals surface area contributed by atoms with E-state index in [0.29, 0.717) is 11.8 Å². The summed E-state index contributed by atoms with van der Waals surface area (Å²) < 4.78 is 49.9. The van der Waals surface area contributed by atoms with Gasteiger partial charge in [-0.2, -0.15) is 13.2 Å². The Morgan fingerprint density at radius 1 is 1.29 bits per heavy atom. The van der Waals surface area contributed by atoms with Crippen molar-refractivity contribution in [3.8, 4) is 11.5 Å². The molecule has 0 aliphatic rings. The lowest BCUT2D eigenvalue weighted by Gasteiger charge is -2.10. The molecular formula is C20H17F3N4O5S2. The number of hydrogen-bond donors (Lipinski definition) is 2. The highest BCUT2D eigenvalue weighted by molar-refractivity contribution is 7.99. The minimum atomic E-state index is -4.74. The van der Waals surface area contributed by atoms with E-state index in [1.54, 1.807) is 6.92 Å². The first-order valence-electron chi connectivity index (χ1n) is 9.54. The third-order valence-electron chi connectivity index (χ3n) is 4.21. The second-order valence-electron chi connectivity index (χ2n) is 6.58. The predicted octanol–water partition coefficient (Wildman–Crippen LogP) is 4.13. The summed E-state index contributed by atoms with van der Waals surface area (Å²) in [5.41, 5.74) is 4.27. The van der Waals surface area contributed by atoms with Crippen molar-refractivity contribution in [1.82, 2.24) is 9.97 Å². The van der Waals surface area contributed by atoms with Crippen molar-refractivity contribution < 1.29 is 36.7 Å². The molecule has 0 saturated carbocycles. The molecule has 3 aromatic heterocycles. The largest absolute Gasteiger partial charge is 0.463 e. The minimum Gasteiger partial charge on any atom is -0.463 e. The number of amides is 2. The quantitative estimate of drug-likeness (QED) is 0.260. The zero-order valence-electron chi connectivity index (χ0n) is 17.7. The van der Waals surface area contributed by atoms with Crippen LogP contribution in [0.2, 0.25) is 0 Å². The van der Waals surface area contributed by atoms with Crippen molar-refractivity contribution in [1.29, 1.82) is 0 Å². The summed E-state index contributed by atoms with van der Waals surface area (Å²) in [6.45, 7) is 3.14. The molecule has 3 heterocycles. The maximum atomic E-state index is 13.3. The van der Waals surface area contributed by atoms with Gasteiger partial charge >= 0.3 is 12.1 Å². The third-order valence-corrected chi connectivity index (χ3v) is 6.27. The highest BCUT2D eigenvalue weighted by atomic mass is 32.2. The molecule has 180 valence electrons. The molecule has 0 bridgehead atoms. The second-order valence-corrected chi connectivity index (χ2v) is 8.54. The van der Waals surface area contributed by atoms with Crippen LogP contribution in [0.4, 0.5) is 18.2 Å². The molecule has 0 unspecified atom stereocenters. The van der Waals surface area contributed by atoms with Gasteiger partial charge in [0.1, 0.15) is 16.4 Å². The summed E-state index contributed by atoms with van der Waals surface area (Å²) in [5.74, 6) is -2.49. The number of hydrogen-bond acceptors (Lipinski definition) is 9. The van der Waals surface area contributed by atoms with E-state index < -0.39 is 29.7 Å². The molecule has 0 aromatic carbocycles. The molecule has 3 aromatic rings. The number of rotatable bonds is 8. The lowest BCUT2D eigenvalue weighted by atomic mass is 10.1. The number of thioether (sulfide) groups is 1. The average Bonchev–Trinajstić information content (AvgIpc) is 3.40. The number of thiophene rings is 1. The van der Waals surface area contributed by atoms with Gasteiger partial charge in [0.2, 0.25) is 5.91 Å². The normalized spacial score (nSPS) is 11.3. The Bertz CT molecular complexity index is 1230.